The zero-order valence-corrected chi connectivity index (χ0v) is 18.1. The highest BCUT2D eigenvalue weighted by molar-refractivity contribution is 7.89. The molecule has 2 aliphatic rings. The number of carbonyl (C=O) groups excluding carboxylic acids is 1. The molecule has 8 nitrogen and oxygen atoms in total. The second-order valence-corrected chi connectivity index (χ2v) is 9.53. The number of aryl methyl sites for hydroxylation is 1. The van der Waals surface area contributed by atoms with Gasteiger partial charge in [-0.25, -0.2) is 8.42 Å². The van der Waals surface area contributed by atoms with Gasteiger partial charge in [0.1, 0.15) is 18.2 Å². The lowest BCUT2D eigenvalue weighted by Crippen LogP contribution is -2.46. The summed E-state index contributed by atoms with van der Waals surface area (Å²) >= 11 is 0. The van der Waals surface area contributed by atoms with Crippen molar-refractivity contribution in [1.29, 1.82) is 0 Å². The molecule has 1 amide bonds. The number of fused-ring (bicyclic) bond motifs is 1. The van der Waals surface area contributed by atoms with Crippen molar-refractivity contribution in [2.24, 2.45) is 10.1 Å². The first-order valence-electron chi connectivity index (χ1n) is 10.4. The molecule has 2 aromatic rings. The van der Waals surface area contributed by atoms with Crippen molar-refractivity contribution < 1.29 is 17.9 Å². The monoisotopic (exact) mass is 442 g/mol. The molecule has 0 unspecified atom stereocenters. The van der Waals surface area contributed by atoms with Crippen molar-refractivity contribution in [3.8, 4) is 5.75 Å². The average Bonchev–Trinajstić information content (AvgIpc) is 2.76. The van der Waals surface area contributed by atoms with E-state index in [2.05, 4.69) is 9.38 Å². The van der Waals surface area contributed by atoms with E-state index < -0.39 is 10.0 Å². The SMILES string of the molecule is NC1=NS(=O)(=O)Cc2cccc(OC[C@H]3CCCCN3C(=O)CCc3ccncc3)c21. The third kappa shape index (κ3) is 5.04. The van der Waals surface area contributed by atoms with Crippen molar-refractivity contribution in [3.05, 3.63) is 59.4 Å². The maximum atomic E-state index is 12.9. The molecule has 0 aliphatic carbocycles. The quantitative estimate of drug-likeness (QED) is 0.732. The van der Waals surface area contributed by atoms with Crippen LogP contribution in [0.5, 0.6) is 5.75 Å². The molecule has 4 rings (SSSR count). The summed E-state index contributed by atoms with van der Waals surface area (Å²) in [5, 5.41) is 0. The molecule has 1 atom stereocenters. The van der Waals surface area contributed by atoms with Crippen LogP contribution < -0.4 is 10.5 Å². The zero-order chi connectivity index (χ0) is 21.8. The molecule has 9 heteroatoms. The molecule has 164 valence electrons. The van der Waals surface area contributed by atoms with E-state index in [1.165, 1.54) is 0 Å². The number of hydrogen-bond acceptors (Lipinski definition) is 6. The molecule has 1 saturated heterocycles. The number of nitrogens with two attached hydrogens (primary N) is 1. The minimum atomic E-state index is -3.60. The van der Waals surface area contributed by atoms with E-state index in [1.54, 1.807) is 30.6 Å². The van der Waals surface area contributed by atoms with Gasteiger partial charge < -0.3 is 15.4 Å². The van der Waals surface area contributed by atoms with E-state index in [1.807, 2.05) is 17.0 Å². The topological polar surface area (TPSA) is 115 Å². The average molecular weight is 443 g/mol. The Kier molecular flexibility index (Phi) is 6.22. The number of piperidine rings is 1. The summed E-state index contributed by atoms with van der Waals surface area (Å²) < 4.78 is 33.4. The second-order valence-electron chi connectivity index (χ2n) is 7.90. The van der Waals surface area contributed by atoms with Crippen molar-refractivity contribution in [2.75, 3.05) is 13.2 Å². The Bertz CT molecular complexity index is 1090. The van der Waals surface area contributed by atoms with E-state index in [0.717, 1.165) is 31.4 Å². The van der Waals surface area contributed by atoms with Crippen molar-refractivity contribution in [1.82, 2.24) is 9.88 Å². The number of rotatable bonds is 6. The maximum absolute atomic E-state index is 12.9. The van der Waals surface area contributed by atoms with Crippen LogP contribution in [-0.4, -0.2) is 49.2 Å². The predicted molar refractivity (Wildman–Crippen MR) is 117 cm³/mol. The number of sulfonamides is 1. The Morgan fingerprint density at radius 2 is 2.00 bits per heavy atom. The van der Waals surface area contributed by atoms with Gasteiger partial charge in [-0.1, -0.05) is 12.1 Å². The van der Waals surface area contributed by atoms with Crippen LogP contribution in [0.4, 0.5) is 0 Å². The van der Waals surface area contributed by atoms with E-state index in [9.17, 15) is 13.2 Å². The van der Waals surface area contributed by atoms with Gasteiger partial charge in [-0.2, -0.15) is 0 Å². The molecule has 3 heterocycles. The number of pyridine rings is 1. The highest BCUT2D eigenvalue weighted by Gasteiger charge is 2.29. The minimum Gasteiger partial charge on any atom is -0.491 e. The van der Waals surface area contributed by atoms with Gasteiger partial charge in [0.15, 0.2) is 0 Å². The molecule has 1 fully saturated rings. The van der Waals surface area contributed by atoms with Gasteiger partial charge in [0.2, 0.25) is 5.91 Å². The minimum absolute atomic E-state index is 0.0277. The van der Waals surface area contributed by atoms with Gasteiger partial charge in [0.05, 0.1) is 17.4 Å². The number of aromatic nitrogens is 1. The molecule has 0 spiro atoms. The van der Waals surface area contributed by atoms with Gasteiger partial charge in [-0.05, 0) is 55.0 Å². The van der Waals surface area contributed by atoms with E-state index >= 15 is 0 Å². The van der Waals surface area contributed by atoms with Crippen molar-refractivity contribution in [3.63, 3.8) is 0 Å². The fourth-order valence-corrected chi connectivity index (χ4v) is 5.25. The summed E-state index contributed by atoms with van der Waals surface area (Å²) in [6, 6.07) is 9.05. The summed E-state index contributed by atoms with van der Waals surface area (Å²) in [6.45, 7) is 1.05. The zero-order valence-electron chi connectivity index (χ0n) is 17.2. The lowest BCUT2D eigenvalue weighted by atomic mass is 10.0. The standard InChI is InChI=1S/C22H26N4O4S/c23-22-21-17(15-31(28,29)25-22)4-3-6-19(21)30-14-18-5-1-2-13-26(18)20(27)8-7-16-9-11-24-12-10-16/h3-4,6,9-12,18H,1-2,5,7-8,13-15H2,(H2,23,25)/t18-/m1/s1. The molecule has 31 heavy (non-hydrogen) atoms. The Labute approximate surface area is 182 Å². The Morgan fingerprint density at radius 3 is 2.81 bits per heavy atom. The molecule has 1 aromatic heterocycles. The number of benzene rings is 1. The van der Waals surface area contributed by atoms with Gasteiger partial charge in [-0.3, -0.25) is 9.78 Å². The number of nitrogens with zero attached hydrogens (tertiary/aromatic N) is 3. The normalized spacial score (nSPS) is 19.9. The largest absolute Gasteiger partial charge is 0.491 e. The molecule has 2 N–H and O–H groups in total. The first-order chi connectivity index (χ1) is 14.9. The summed E-state index contributed by atoms with van der Waals surface area (Å²) in [4.78, 5) is 18.8. The highest BCUT2D eigenvalue weighted by Crippen LogP contribution is 2.29. The molecular formula is C22H26N4O4S. The Balaban J connectivity index is 1.43. The molecule has 1 aromatic carbocycles. The van der Waals surface area contributed by atoms with Crippen LogP contribution in [0.3, 0.4) is 0 Å². The molecule has 0 radical (unpaired) electrons. The molecule has 2 aliphatic heterocycles. The first kappa shape index (κ1) is 21.3. The summed E-state index contributed by atoms with van der Waals surface area (Å²) in [5.74, 6) is 0.380. The molecule has 0 bridgehead atoms. The smallest absolute Gasteiger partial charge is 0.259 e. The molecule has 0 saturated carbocycles. The van der Waals surface area contributed by atoms with Crippen molar-refractivity contribution in [2.45, 2.75) is 43.9 Å². The summed E-state index contributed by atoms with van der Waals surface area (Å²) in [6.07, 6.45) is 7.48. The van der Waals surface area contributed by atoms with Gasteiger partial charge >= 0.3 is 0 Å². The first-order valence-corrected chi connectivity index (χ1v) is 12.1. The van der Waals surface area contributed by atoms with Gasteiger partial charge in [-0.15, -0.1) is 4.40 Å². The number of ether oxygens (including phenoxy) is 1. The second kappa shape index (κ2) is 9.05. The van der Waals surface area contributed by atoms with Crippen LogP contribution in [0.25, 0.3) is 0 Å². The summed E-state index contributed by atoms with van der Waals surface area (Å²) in [7, 11) is -3.60. The van der Waals surface area contributed by atoms with E-state index in [-0.39, 0.29) is 23.5 Å². The number of likely N-dealkylation sites (tertiary alicyclic amines) is 1. The Hall–Kier alpha value is -2.94. The van der Waals surface area contributed by atoms with Crippen LogP contribution in [0, 0.1) is 0 Å². The van der Waals surface area contributed by atoms with E-state index in [0.29, 0.717) is 36.3 Å². The van der Waals surface area contributed by atoms with E-state index in [4.69, 9.17) is 10.5 Å². The van der Waals surface area contributed by atoms with Gasteiger partial charge in [0, 0.05) is 25.4 Å². The fourth-order valence-electron chi connectivity index (χ4n) is 4.16. The number of amides is 1. The maximum Gasteiger partial charge on any atom is 0.259 e. The number of hydrogen-bond donors (Lipinski definition) is 1. The number of amidine groups is 1. The van der Waals surface area contributed by atoms with Crippen LogP contribution in [-0.2, 0) is 27.0 Å². The number of carbonyl (C=O) groups is 1. The van der Waals surface area contributed by atoms with Crippen LogP contribution in [0.2, 0.25) is 0 Å². The van der Waals surface area contributed by atoms with Crippen LogP contribution in [0.1, 0.15) is 42.4 Å². The third-order valence-corrected chi connectivity index (χ3v) is 6.85. The highest BCUT2D eigenvalue weighted by atomic mass is 32.2. The lowest BCUT2D eigenvalue weighted by molar-refractivity contribution is -0.135. The molecular weight excluding hydrogens is 416 g/mol. The van der Waals surface area contributed by atoms with Crippen LogP contribution >= 0.6 is 0 Å². The van der Waals surface area contributed by atoms with Crippen LogP contribution in [0.15, 0.2) is 47.1 Å². The lowest BCUT2D eigenvalue weighted by Gasteiger charge is -2.36. The van der Waals surface area contributed by atoms with Crippen molar-refractivity contribution >= 4 is 21.8 Å². The third-order valence-electron chi connectivity index (χ3n) is 5.70. The Morgan fingerprint density at radius 1 is 1.19 bits per heavy atom. The predicted octanol–water partition coefficient (Wildman–Crippen LogP) is 2.02. The van der Waals surface area contributed by atoms with Gasteiger partial charge in [0.25, 0.3) is 10.0 Å². The fraction of sp³-hybridized carbons (Fsp3) is 0.409. The summed E-state index contributed by atoms with van der Waals surface area (Å²) in [5.41, 5.74) is 8.13.